The van der Waals surface area contributed by atoms with Gasteiger partial charge in [-0.2, -0.15) is 0 Å². The van der Waals surface area contributed by atoms with Crippen LogP contribution in [0.4, 0.5) is 5.69 Å². The third-order valence-corrected chi connectivity index (χ3v) is 3.78. The monoisotopic (exact) mass is 303 g/mol. The van der Waals surface area contributed by atoms with Gasteiger partial charge in [0.1, 0.15) is 0 Å². The van der Waals surface area contributed by atoms with E-state index in [4.69, 9.17) is 11.6 Å². The van der Waals surface area contributed by atoms with Gasteiger partial charge in [0, 0.05) is 22.5 Å². The number of hydrogen-bond acceptors (Lipinski definition) is 1. The number of alkyl halides is 1. The van der Waals surface area contributed by atoms with E-state index in [9.17, 15) is 4.79 Å². The summed E-state index contributed by atoms with van der Waals surface area (Å²) in [5, 5.41) is 2.87. The number of aryl methyl sites for hydroxylation is 2. The molecule has 1 aromatic rings. The minimum Gasteiger partial charge on any atom is -0.326 e. The predicted molar refractivity (Wildman–Crippen MR) is 72.2 cm³/mol. The highest BCUT2D eigenvalue weighted by molar-refractivity contribution is 9.10. The Morgan fingerprint density at radius 1 is 1.38 bits per heavy atom. The van der Waals surface area contributed by atoms with Crippen molar-refractivity contribution in [2.45, 2.75) is 26.7 Å². The normalized spacial score (nSPS) is 10.2. The zero-order valence-corrected chi connectivity index (χ0v) is 11.8. The van der Waals surface area contributed by atoms with Crippen molar-refractivity contribution in [1.82, 2.24) is 0 Å². The van der Waals surface area contributed by atoms with Crippen LogP contribution < -0.4 is 5.32 Å². The van der Waals surface area contributed by atoms with Crippen LogP contribution in [-0.2, 0) is 4.79 Å². The number of anilines is 1. The second-order valence-corrected chi connectivity index (χ2v) is 4.94. The Kier molecular flexibility index (Phi) is 5.29. The molecular formula is C12H15BrClNO. The van der Waals surface area contributed by atoms with Crippen LogP contribution in [0.15, 0.2) is 16.6 Å². The van der Waals surface area contributed by atoms with Crippen LogP contribution in [0.1, 0.15) is 24.0 Å². The molecule has 0 fully saturated rings. The molecule has 0 heterocycles. The molecule has 0 aliphatic carbocycles. The molecule has 0 radical (unpaired) electrons. The van der Waals surface area contributed by atoms with Gasteiger partial charge < -0.3 is 5.32 Å². The summed E-state index contributed by atoms with van der Waals surface area (Å²) in [5.74, 6) is 0.535. The first-order valence-corrected chi connectivity index (χ1v) is 6.50. The van der Waals surface area contributed by atoms with Crippen LogP contribution in [-0.4, -0.2) is 11.8 Å². The number of carbonyl (C=O) groups excluding carboxylic acids is 1. The van der Waals surface area contributed by atoms with Gasteiger partial charge in [0.05, 0.1) is 0 Å². The molecular weight excluding hydrogens is 289 g/mol. The summed E-state index contributed by atoms with van der Waals surface area (Å²) in [5.41, 5.74) is 3.08. The number of nitrogens with one attached hydrogen (secondary N) is 1. The molecule has 1 rings (SSSR count). The molecule has 0 spiro atoms. The Morgan fingerprint density at radius 3 is 2.44 bits per heavy atom. The van der Waals surface area contributed by atoms with Crippen molar-refractivity contribution < 1.29 is 4.79 Å². The number of halogens is 2. The summed E-state index contributed by atoms with van der Waals surface area (Å²) in [7, 11) is 0. The Labute approximate surface area is 110 Å². The third-order valence-electron chi connectivity index (χ3n) is 2.26. The lowest BCUT2D eigenvalue weighted by Gasteiger charge is -2.09. The number of amides is 1. The molecule has 16 heavy (non-hydrogen) atoms. The number of benzene rings is 1. The van der Waals surface area contributed by atoms with Gasteiger partial charge in [-0.15, -0.1) is 11.6 Å². The molecule has 1 aromatic carbocycles. The van der Waals surface area contributed by atoms with E-state index in [0.29, 0.717) is 18.7 Å². The highest BCUT2D eigenvalue weighted by Gasteiger charge is 2.05. The highest BCUT2D eigenvalue weighted by Crippen LogP contribution is 2.25. The molecule has 88 valence electrons. The average molecular weight is 305 g/mol. The van der Waals surface area contributed by atoms with E-state index < -0.39 is 0 Å². The number of hydrogen-bond donors (Lipinski definition) is 1. The van der Waals surface area contributed by atoms with Crippen LogP contribution in [0.3, 0.4) is 0 Å². The van der Waals surface area contributed by atoms with E-state index in [-0.39, 0.29) is 5.91 Å². The first kappa shape index (κ1) is 13.5. The average Bonchev–Trinajstić information content (AvgIpc) is 2.23. The van der Waals surface area contributed by atoms with Crippen LogP contribution in [0, 0.1) is 13.8 Å². The summed E-state index contributed by atoms with van der Waals surface area (Å²) in [4.78, 5) is 11.5. The maximum absolute atomic E-state index is 11.5. The molecule has 0 aliphatic heterocycles. The fraction of sp³-hybridized carbons (Fsp3) is 0.417. The van der Waals surface area contributed by atoms with Crippen LogP contribution >= 0.6 is 27.5 Å². The van der Waals surface area contributed by atoms with E-state index in [1.165, 1.54) is 0 Å². The van der Waals surface area contributed by atoms with Gasteiger partial charge in [-0.1, -0.05) is 15.9 Å². The van der Waals surface area contributed by atoms with Crippen molar-refractivity contribution >= 4 is 39.1 Å². The van der Waals surface area contributed by atoms with Crippen molar-refractivity contribution in [3.8, 4) is 0 Å². The lowest BCUT2D eigenvalue weighted by atomic mass is 10.1. The summed E-state index contributed by atoms with van der Waals surface area (Å²) in [6, 6.07) is 3.91. The Balaban J connectivity index is 2.71. The van der Waals surface area contributed by atoms with Gasteiger partial charge in [0.25, 0.3) is 0 Å². The standard InChI is InChI=1S/C12H15BrClNO/c1-8-6-10(7-9(2)12(8)13)15-11(16)4-3-5-14/h6-7H,3-5H2,1-2H3,(H,15,16). The van der Waals surface area contributed by atoms with Crippen LogP contribution in [0.2, 0.25) is 0 Å². The fourth-order valence-corrected chi connectivity index (χ4v) is 1.83. The van der Waals surface area contributed by atoms with E-state index in [0.717, 1.165) is 21.3 Å². The van der Waals surface area contributed by atoms with Crippen LogP contribution in [0.25, 0.3) is 0 Å². The quantitative estimate of drug-likeness (QED) is 0.836. The lowest BCUT2D eigenvalue weighted by Crippen LogP contribution is -2.11. The Hall–Kier alpha value is -0.540. The van der Waals surface area contributed by atoms with E-state index in [1.54, 1.807) is 0 Å². The van der Waals surface area contributed by atoms with Crippen molar-refractivity contribution in [2.75, 3.05) is 11.2 Å². The summed E-state index contributed by atoms with van der Waals surface area (Å²) >= 11 is 9.02. The first-order chi connectivity index (χ1) is 7.54. The first-order valence-electron chi connectivity index (χ1n) is 5.17. The van der Waals surface area contributed by atoms with Gasteiger partial charge in [-0.05, 0) is 43.5 Å². The molecule has 1 amide bonds. The van der Waals surface area contributed by atoms with Crippen molar-refractivity contribution in [3.05, 3.63) is 27.7 Å². The minimum atomic E-state index is 0.0155. The molecule has 0 bridgehead atoms. The number of rotatable bonds is 4. The molecule has 4 heteroatoms. The molecule has 0 atom stereocenters. The highest BCUT2D eigenvalue weighted by atomic mass is 79.9. The SMILES string of the molecule is Cc1cc(NC(=O)CCCCl)cc(C)c1Br. The van der Waals surface area contributed by atoms with E-state index in [2.05, 4.69) is 21.2 Å². The van der Waals surface area contributed by atoms with E-state index >= 15 is 0 Å². The van der Waals surface area contributed by atoms with Crippen molar-refractivity contribution in [3.63, 3.8) is 0 Å². The van der Waals surface area contributed by atoms with Gasteiger partial charge in [0.2, 0.25) is 5.91 Å². The van der Waals surface area contributed by atoms with Crippen LogP contribution in [0.5, 0.6) is 0 Å². The Morgan fingerprint density at radius 2 is 1.94 bits per heavy atom. The minimum absolute atomic E-state index is 0.0155. The molecule has 2 nitrogen and oxygen atoms in total. The fourth-order valence-electron chi connectivity index (χ4n) is 1.47. The number of carbonyl (C=O) groups is 1. The zero-order chi connectivity index (χ0) is 12.1. The van der Waals surface area contributed by atoms with Crippen molar-refractivity contribution in [2.24, 2.45) is 0 Å². The van der Waals surface area contributed by atoms with Gasteiger partial charge in [-0.3, -0.25) is 4.79 Å². The molecule has 0 saturated heterocycles. The maximum atomic E-state index is 11.5. The maximum Gasteiger partial charge on any atom is 0.224 e. The molecule has 0 saturated carbocycles. The van der Waals surface area contributed by atoms with Gasteiger partial charge in [0.15, 0.2) is 0 Å². The smallest absolute Gasteiger partial charge is 0.224 e. The molecule has 0 aromatic heterocycles. The zero-order valence-electron chi connectivity index (χ0n) is 9.44. The van der Waals surface area contributed by atoms with E-state index in [1.807, 2.05) is 26.0 Å². The summed E-state index contributed by atoms with van der Waals surface area (Å²) in [6.45, 7) is 4.01. The lowest BCUT2D eigenvalue weighted by molar-refractivity contribution is -0.116. The molecule has 0 unspecified atom stereocenters. The van der Waals surface area contributed by atoms with Gasteiger partial charge in [-0.25, -0.2) is 0 Å². The topological polar surface area (TPSA) is 29.1 Å². The van der Waals surface area contributed by atoms with Gasteiger partial charge >= 0.3 is 0 Å². The molecule has 1 N–H and O–H groups in total. The predicted octanol–water partition coefficient (Wildman–Crippen LogP) is 4.02. The van der Waals surface area contributed by atoms with Crippen molar-refractivity contribution in [1.29, 1.82) is 0 Å². The molecule has 0 aliphatic rings. The third kappa shape index (κ3) is 3.80. The Bertz CT molecular complexity index is 370. The largest absolute Gasteiger partial charge is 0.326 e. The summed E-state index contributed by atoms with van der Waals surface area (Å²) < 4.78 is 1.09. The second kappa shape index (κ2) is 6.26. The summed E-state index contributed by atoms with van der Waals surface area (Å²) in [6.07, 6.45) is 1.18. The second-order valence-electron chi connectivity index (χ2n) is 3.76.